The van der Waals surface area contributed by atoms with Crippen molar-refractivity contribution in [1.82, 2.24) is 0 Å². The molecule has 2 aromatic carbocycles. The zero-order valence-electron chi connectivity index (χ0n) is 12.3. The van der Waals surface area contributed by atoms with E-state index in [1.165, 1.54) is 5.56 Å². The summed E-state index contributed by atoms with van der Waals surface area (Å²) in [6, 6.07) is 17.1. The molecule has 110 valence electrons. The van der Waals surface area contributed by atoms with Gasteiger partial charge >= 0.3 is 5.97 Å². The van der Waals surface area contributed by atoms with Crippen molar-refractivity contribution >= 4 is 5.97 Å². The lowest BCUT2D eigenvalue weighted by atomic mass is 10.00. The number of para-hydroxylation sites is 1. The van der Waals surface area contributed by atoms with Crippen LogP contribution in [0, 0.1) is 0 Å². The maximum Gasteiger partial charge on any atom is 0.345 e. The molecule has 1 N–H and O–H groups in total. The summed E-state index contributed by atoms with van der Waals surface area (Å²) >= 11 is 0. The molecule has 21 heavy (non-hydrogen) atoms. The largest absolute Gasteiger partial charge is 0.478 e. The molecule has 3 heteroatoms. The maximum atomic E-state index is 11.4. The molecule has 0 fully saturated rings. The number of hydrogen-bond acceptors (Lipinski definition) is 2. The molecule has 2 rings (SSSR count). The second-order valence-electron chi connectivity index (χ2n) is 5.36. The Kier molecular flexibility index (Phi) is 4.99. The lowest BCUT2D eigenvalue weighted by Crippen LogP contribution is -2.29. The zero-order chi connectivity index (χ0) is 15.2. The minimum atomic E-state index is -0.952. The fourth-order valence-electron chi connectivity index (χ4n) is 2.10. The molecule has 0 spiro atoms. The molecule has 0 saturated heterocycles. The SMILES string of the molecule is CC(C)c1ccc(C[C@@H](Oc2ccccc2)C(=O)O)cc1. The van der Waals surface area contributed by atoms with Crippen LogP contribution < -0.4 is 4.74 Å². The lowest BCUT2D eigenvalue weighted by Gasteiger charge is -2.15. The molecule has 0 saturated carbocycles. The van der Waals surface area contributed by atoms with Crippen LogP contribution >= 0.6 is 0 Å². The Balaban J connectivity index is 2.07. The smallest absolute Gasteiger partial charge is 0.345 e. The number of rotatable bonds is 6. The lowest BCUT2D eigenvalue weighted by molar-refractivity contribution is -0.145. The number of carboxylic acid groups (broad SMARTS) is 1. The van der Waals surface area contributed by atoms with E-state index in [1.54, 1.807) is 12.1 Å². The Morgan fingerprint density at radius 1 is 1.05 bits per heavy atom. The standard InChI is InChI=1S/C18H20O3/c1-13(2)15-10-8-14(9-11-15)12-17(18(19)20)21-16-6-4-3-5-7-16/h3-11,13,17H,12H2,1-2H3,(H,19,20)/t17-/m1/s1. The highest BCUT2D eigenvalue weighted by molar-refractivity contribution is 5.73. The monoisotopic (exact) mass is 284 g/mol. The Morgan fingerprint density at radius 2 is 1.67 bits per heavy atom. The molecule has 0 radical (unpaired) electrons. The first-order chi connectivity index (χ1) is 10.1. The van der Waals surface area contributed by atoms with E-state index >= 15 is 0 Å². The predicted octanol–water partition coefficient (Wildman–Crippen LogP) is 3.88. The topological polar surface area (TPSA) is 46.5 Å². The summed E-state index contributed by atoms with van der Waals surface area (Å²) in [5.74, 6) is 0.0883. The van der Waals surface area contributed by atoms with Gasteiger partial charge in [-0.2, -0.15) is 0 Å². The molecule has 1 atom stereocenters. The van der Waals surface area contributed by atoms with E-state index in [4.69, 9.17) is 4.74 Å². The summed E-state index contributed by atoms with van der Waals surface area (Å²) in [7, 11) is 0. The van der Waals surface area contributed by atoms with Crippen molar-refractivity contribution in [3.63, 3.8) is 0 Å². The minimum absolute atomic E-state index is 0.350. The van der Waals surface area contributed by atoms with Crippen LogP contribution in [0.2, 0.25) is 0 Å². The van der Waals surface area contributed by atoms with Crippen LogP contribution in [0.1, 0.15) is 30.9 Å². The average molecular weight is 284 g/mol. The first-order valence-electron chi connectivity index (χ1n) is 7.09. The molecule has 0 amide bonds. The Labute approximate surface area is 125 Å². The van der Waals surface area contributed by atoms with E-state index in [2.05, 4.69) is 13.8 Å². The van der Waals surface area contributed by atoms with Gasteiger partial charge < -0.3 is 9.84 Å². The van der Waals surface area contributed by atoms with Crippen molar-refractivity contribution in [2.75, 3.05) is 0 Å². The average Bonchev–Trinajstić information content (AvgIpc) is 2.48. The van der Waals surface area contributed by atoms with Gasteiger partial charge in [-0.25, -0.2) is 4.79 Å². The normalized spacial score (nSPS) is 12.1. The molecular weight excluding hydrogens is 264 g/mol. The van der Waals surface area contributed by atoms with Crippen LogP contribution in [0.25, 0.3) is 0 Å². The quantitative estimate of drug-likeness (QED) is 0.875. The second-order valence-corrected chi connectivity index (χ2v) is 5.36. The van der Waals surface area contributed by atoms with Crippen molar-refractivity contribution in [2.24, 2.45) is 0 Å². The van der Waals surface area contributed by atoms with Crippen LogP contribution in [-0.4, -0.2) is 17.2 Å². The van der Waals surface area contributed by atoms with E-state index in [-0.39, 0.29) is 0 Å². The summed E-state index contributed by atoms with van der Waals surface area (Å²) in [6.07, 6.45) is -0.528. The van der Waals surface area contributed by atoms with Crippen molar-refractivity contribution in [3.05, 3.63) is 65.7 Å². The van der Waals surface area contributed by atoms with Gasteiger partial charge in [0.25, 0.3) is 0 Å². The van der Waals surface area contributed by atoms with E-state index in [1.807, 2.05) is 42.5 Å². The van der Waals surface area contributed by atoms with Crippen LogP contribution in [0.4, 0.5) is 0 Å². The second kappa shape index (κ2) is 6.93. The maximum absolute atomic E-state index is 11.4. The molecule has 0 aliphatic heterocycles. The van der Waals surface area contributed by atoms with E-state index in [0.717, 1.165) is 5.56 Å². The fraction of sp³-hybridized carbons (Fsp3) is 0.278. The third kappa shape index (κ3) is 4.35. The number of hydrogen-bond donors (Lipinski definition) is 1. The van der Waals surface area contributed by atoms with E-state index in [0.29, 0.717) is 18.1 Å². The third-order valence-corrected chi connectivity index (χ3v) is 3.36. The van der Waals surface area contributed by atoms with Gasteiger partial charge in [0.05, 0.1) is 0 Å². The molecule has 0 aliphatic carbocycles. The van der Waals surface area contributed by atoms with Gasteiger partial charge in [-0.1, -0.05) is 56.3 Å². The summed E-state index contributed by atoms with van der Waals surface area (Å²) in [5.41, 5.74) is 2.21. The molecular formula is C18H20O3. The number of carbonyl (C=O) groups is 1. The highest BCUT2D eigenvalue weighted by atomic mass is 16.5. The first kappa shape index (κ1) is 15.1. The van der Waals surface area contributed by atoms with Crippen molar-refractivity contribution < 1.29 is 14.6 Å². The molecule has 2 aromatic rings. The number of aliphatic carboxylic acids is 1. The van der Waals surface area contributed by atoms with Crippen LogP contribution in [0.15, 0.2) is 54.6 Å². The van der Waals surface area contributed by atoms with Crippen molar-refractivity contribution in [1.29, 1.82) is 0 Å². The minimum Gasteiger partial charge on any atom is -0.478 e. The van der Waals surface area contributed by atoms with Gasteiger partial charge in [0.15, 0.2) is 6.10 Å². The molecule has 0 aromatic heterocycles. The molecule has 0 aliphatic rings. The molecule has 0 heterocycles. The third-order valence-electron chi connectivity index (χ3n) is 3.36. The van der Waals surface area contributed by atoms with Crippen molar-refractivity contribution in [2.45, 2.75) is 32.3 Å². The van der Waals surface area contributed by atoms with Crippen molar-refractivity contribution in [3.8, 4) is 5.75 Å². The summed E-state index contributed by atoms with van der Waals surface area (Å²) < 4.78 is 5.56. The van der Waals surface area contributed by atoms with E-state index < -0.39 is 12.1 Å². The van der Waals surface area contributed by atoms with Crippen LogP contribution in [0.3, 0.4) is 0 Å². The van der Waals surface area contributed by atoms with Gasteiger partial charge in [0, 0.05) is 6.42 Å². The van der Waals surface area contributed by atoms with E-state index in [9.17, 15) is 9.90 Å². The zero-order valence-corrected chi connectivity index (χ0v) is 12.3. The Bertz CT molecular complexity index is 573. The number of carboxylic acids is 1. The Hall–Kier alpha value is -2.29. The van der Waals surface area contributed by atoms with Gasteiger partial charge in [0.2, 0.25) is 0 Å². The van der Waals surface area contributed by atoms with Gasteiger partial charge in [-0.3, -0.25) is 0 Å². The summed E-state index contributed by atoms with van der Waals surface area (Å²) in [6.45, 7) is 4.27. The molecule has 0 unspecified atom stereocenters. The molecule has 3 nitrogen and oxygen atoms in total. The molecule has 0 bridgehead atoms. The summed E-state index contributed by atoms with van der Waals surface area (Å²) in [5, 5.41) is 9.31. The fourth-order valence-corrected chi connectivity index (χ4v) is 2.10. The van der Waals surface area contributed by atoms with Gasteiger partial charge in [-0.15, -0.1) is 0 Å². The highest BCUT2D eigenvalue weighted by Crippen LogP contribution is 2.17. The van der Waals surface area contributed by atoms with Crippen LogP contribution in [0.5, 0.6) is 5.75 Å². The predicted molar refractivity (Wildman–Crippen MR) is 82.7 cm³/mol. The van der Waals surface area contributed by atoms with Gasteiger partial charge in [0.1, 0.15) is 5.75 Å². The number of ether oxygens (including phenoxy) is 1. The van der Waals surface area contributed by atoms with Gasteiger partial charge in [-0.05, 0) is 29.2 Å². The Morgan fingerprint density at radius 3 is 2.19 bits per heavy atom. The first-order valence-corrected chi connectivity index (χ1v) is 7.09. The van der Waals surface area contributed by atoms with Crippen LogP contribution in [-0.2, 0) is 11.2 Å². The highest BCUT2D eigenvalue weighted by Gasteiger charge is 2.20. The number of benzene rings is 2. The summed E-state index contributed by atoms with van der Waals surface area (Å²) in [4.78, 5) is 11.4.